The fourth-order valence-corrected chi connectivity index (χ4v) is 4.20. The van der Waals surface area contributed by atoms with Crippen LogP contribution < -0.4 is 4.90 Å². The summed E-state index contributed by atoms with van der Waals surface area (Å²) >= 11 is 0. The molecule has 1 saturated heterocycles. The molecule has 3 rings (SSSR count). The molecule has 146 valence electrons. The van der Waals surface area contributed by atoms with Gasteiger partial charge < -0.3 is 15.0 Å². The predicted octanol–water partition coefficient (Wildman–Crippen LogP) is 3.51. The van der Waals surface area contributed by atoms with Crippen LogP contribution in [0, 0.1) is 12.8 Å². The lowest BCUT2D eigenvalue weighted by atomic mass is 9.91. The maximum Gasteiger partial charge on any atom is 0.226 e. The third-order valence-corrected chi connectivity index (χ3v) is 5.64. The number of aromatic nitrogens is 1. The van der Waals surface area contributed by atoms with Crippen LogP contribution >= 0.6 is 0 Å². The highest BCUT2D eigenvalue weighted by molar-refractivity contribution is 5.93. The van der Waals surface area contributed by atoms with Crippen LogP contribution in [-0.4, -0.2) is 46.6 Å². The molecule has 27 heavy (non-hydrogen) atoms. The molecule has 1 aliphatic heterocycles. The zero-order valence-corrected chi connectivity index (χ0v) is 16.6. The number of nitrogens with zero attached hydrogens (tertiary/aromatic N) is 2. The summed E-state index contributed by atoms with van der Waals surface area (Å²) in [5.74, 6) is 0.514. The first kappa shape index (κ1) is 19.6. The molecule has 2 heterocycles. The third-order valence-electron chi connectivity index (χ3n) is 5.64. The number of para-hydroxylation sites is 1. The fourth-order valence-electron chi connectivity index (χ4n) is 4.20. The average Bonchev–Trinajstić information content (AvgIpc) is 3.10. The van der Waals surface area contributed by atoms with Gasteiger partial charge in [-0.3, -0.25) is 9.69 Å². The van der Waals surface area contributed by atoms with E-state index in [4.69, 9.17) is 0 Å². The number of aliphatic hydroxyl groups is 1. The van der Waals surface area contributed by atoms with Crippen molar-refractivity contribution in [2.45, 2.75) is 45.8 Å². The third kappa shape index (κ3) is 4.42. The largest absolute Gasteiger partial charge is 0.386 e. The van der Waals surface area contributed by atoms with Crippen LogP contribution in [0.4, 0.5) is 5.69 Å². The standard InChI is InChI=1S/C22H31N3O2/c1-4-21(27)25(18-8-6-5-7-9-18)19-11-13-24(14-17(19)3)15-20(26)22-16(2)10-12-23-22/h5-10,12,17,19-20,23,26H,4,11,13-15H2,1-3H3. The average molecular weight is 370 g/mol. The predicted molar refractivity (Wildman–Crippen MR) is 109 cm³/mol. The molecule has 1 fully saturated rings. The molecule has 1 aliphatic rings. The van der Waals surface area contributed by atoms with Crippen LogP contribution in [-0.2, 0) is 4.79 Å². The van der Waals surface area contributed by atoms with E-state index >= 15 is 0 Å². The Bertz CT molecular complexity index is 743. The van der Waals surface area contributed by atoms with Crippen molar-refractivity contribution in [1.82, 2.24) is 9.88 Å². The minimum Gasteiger partial charge on any atom is -0.386 e. The Hall–Kier alpha value is -2.11. The Balaban J connectivity index is 1.68. The van der Waals surface area contributed by atoms with Gasteiger partial charge in [0.2, 0.25) is 5.91 Å². The topological polar surface area (TPSA) is 59.6 Å². The molecule has 5 heteroatoms. The van der Waals surface area contributed by atoms with Crippen molar-refractivity contribution in [3.05, 3.63) is 53.9 Å². The lowest BCUT2D eigenvalue weighted by molar-refractivity contribution is -0.119. The number of carbonyl (C=O) groups excluding carboxylic acids is 1. The number of aliphatic hydroxyl groups excluding tert-OH is 1. The highest BCUT2D eigenvalue weighted by atomic mass is 16.3. The zero-order chi connectivity index (χ0) is 19.4. The summed E-state index contributed by atoms with van der Waals surface area (Å²) in [7, 11) is 0. The van der Waals surface area contributed by atoms with Crippen LogP contribution in [0.15, 0.2) is 42.6 Å². The summed E-state index contributed by atoms with van der Waals surface area (Å²) in [4.78, 5) is 20.1. The number of hydrogen-bond acceptors (Lipinski definition) is 3. The number of aromatic amines is 1. The van der Waals surface area contributed by atoms with E-state index in [1.807, 2.05) is 61.3 Å². The van der Waals surface area contributed by atoms with Crippen LogP contribution in [0.3, 0.4) is 0 Å². The van der Waals surface area contributed by atoms with E-state index in [1.54, 1.807) is 0 Å². The number of nitrogens with one attached hydrogen (secondary N) is 1. The van der Waals surface area contributed by atoms with Crippen molar-refractivity contribution < 1.29 is 9.90 Å². The summed E-state index contributed by atoms with van der Waals surface area (Å²) in [6.07, 6.45) is 2.79. The number of β-amino-alcohol motifs (C(OH)–C–C–N with tert-alkyl or cyclic N) is 1. The molecule has 0 bridgehead atoms. The van der Waals surface area contributed by atoms with Gasteiger partial charge in [-0.05, 0) is 43.0 Å². The lowest BCUT2D eigenvalue weighted by Gasteiger charge is -2.43. The van der Waals surface area contributed by atoms with Gasteiger partial charge in [-0.15, -0.1) is 0 Å². The quantitative estimate of drug-likeness (QED) is 0.819. The van der Waals surface area contributed by atoms with Gasteiger partial charge in [-0.2, -0.15) is 0 Å². The van der Waals surface area contributed by atoms with Gasteiger partial charge in [-0.25, -0.2) is 0 Å². The maximum atomic E-state index is 12.7. The van der Waals surface area contributed by atoms with Gasteiger partial charge in [-0.1, -0.05) is 32.0 Å². The molecular formula is C22H31N3O2. The molecule has 2 aromatic rings. The number of likely N-dealkylation sites (tertiary alicyclic amines) is 1. The van der Waals surface area contributed by atoms with E-state index in [0.717, 1.165) is 36.5 Å². The first-order valence-electron chi connectivity index (χ1n) is 9.92. The van der Waals surface area contributed by atoms with E-state index in [-0.39, 0.29) is 11.9 Å². The second-order valence-corrected chi connectivity index (χ2v) is 7.64. The molecule has 0 radical (unpaired) electrons. The number of rotatable bonds is 6. The van der Waals surface area contributed by atoms with Gasteiger partial charge >= 0.3 is 0 Å². The molecule has 2 N–H and O–H groups in total. The Kier molecular flexibility index (Phi) is 6.34. The Labute approximate surface area is 162 Å². The zero-order valence-electron chi connectivity index (χ0n) is 16.6. The highest BCUT2D eigenvalue weighted by Crippen LogP contribution is 2.29. The number of benzene rings is 1. The smallest absolute Gasteiger partial charge is 0.226 e. The van der Waals surface area contributed by atoms with Gasteiger partial charge in [0.1, 0.15) is 6.10 Å². The molecule has 1 amide bonds. The summed E-state index contributed by atoms with van der Waals surface area (Å²) in [6.45, 7) is 8.52. The van der Waals surface area contributed by atoms with Crippen LogP contribution in [0.1, 0.15) is 44.1 Å². The van der Waals surface area contributed by atoms with Crippen molar-refractivity contribution in [3.63, 3.8) is 0 Å². The number of anilines is 1. The number of aryl methyl sites for hydroxylation is 1. The van der Waals surface area contributed by atoms with Crippen molar-refractivity contribution in [2.24, 2.45) is 5.92 Å². The first-order chi connectivity index (χ1) is 13.0. The van der Waals surface area contributed by atoms with Crippen molar-refractivity contribution >= 4 is 11.6 Å². The van der Waals surface area contributed by atoms with Crippen molar-refractivity contribution in [3.8, 4) is 0 Å². The minimum atomic E-state index is -0.508. The van der Waals surface area contributed by atoms with Gasteiger partial charge in [0.15, 0.2) is 0 Å². The Morgan fingerprint density at radius 3 is 2.67 bits per heavy atom. The number of H-pyrrole nitrogens is 1. The second-order valence-electron chi connectivity index (χ2n) is 7.64. The lowest BCUT2D eigenvalue weighted by Crippen LogP contribution is -2.53. The molecule has 3 atom stereocenters. The van der Waals surface area contributed by atoms with Crippen LogP contribution in [0.25, 0.3) is 0 Å². The minimum absolute atomic E-state index is 0.175. The molecule has 5 nitrogen and oxygen atoms in total. The molecular weight excluding hydrogens is 338 g/mol. The number of amides is 1. The molecule has 1 aromatic carbocycles. The van der Waals surface area contributed by atoms with Crippen molar-refractivity contribution in [1.29, 1.82) is 0 Å². The fraction of sp³-hybridized carbons (Fsp3) is 0.500. The number of hydrogen-bond donors (Lipinski definition) is 2. The van der Waals surface area contributed by atoms with Gasteiger partial charge in [0, 0.05) is 49.7 Å². The molecule has 3 unspecified atom stereocenters. The summed E-state index contributed by atoms with van der Waals surface area (Å²) < 4.78 is 0. The number of carbonyl (C=O) groups is 1. The van der Waals surface area contributed by atoms with Gasteiger partial charge in [0.05, 0.1) is 0 Å². The summed E-state index contributed by atoms with van der Waals surface area (Å²) in [5.41, 5.74) is 2.97. The van der Waals surface area contributed by atoms with E-state index in [0.29, 0.717) is 18.9 Å². The molecule has 0 saturated carbocycles. The molecule has 0 aliphatic carbocycles. The maximum absolute atomic E-state index is 12.7. The number of piperidine rings is 1. The SMILES string of the molecule is CCC(=O)N(c1ccccc1)C1CCN(CC(O)c2[nH]ccc2C)CC1C. The summed E-state index contributed by atoms with van der Waals surface area (Å²) in [6, 6.07) is 12.2. The second kappa shape index (κ2) is 8.72. The van der Waals surface area contributed by atoms with Crippen LogP contribution in [0.2, 0.25) is 0 Å². The van der Waals surface area contributed by atoms with E-state index in [1.165, 1.54) is 0 Å². The van der Waals surface area contributed by atoms with Crippen LogP contribution in [0.5, 0.6) is 0 Å². The molecule has 1 aromatic heterocycles. The first-order valence-corrected chi connectivity index (χ1v) is 9.92. The van der Waals surface area contributed by atoms with Crippen molar-refractivity contribution in [2.75, 3.05) is 24.5 Å². The Morgan fingerprint density at radius 1 is 1.33 bits per heavy atom. The van der Waals surface area contributed by atoms with E-state index in [9.17, 15) is 9.90 Å². The van der Waals surface area contributed by atoms with E-state index in [2.05, 4.69) is 16.8 Å². The van der Waals surface area contributed by atoms with Gasteiger partial charge in [0.25, 0.3) is 0 Å². The van der Waals surface area contributed by atoms with E-state index < -0.39 is 6.10 Å². The molecule has 0 spiro atoms. The highest BCUT2D eigenvalue weighted by Gasteiger charge is 2.34. The summed E-state index contributed by atoms with van der Waals surface area (Å²) in [5, 5.41) is 10.6. The Morgan fingerprint density at radius 2 is 2.07 bits per heavy atom. The normalized spacial score (nSPS) is 21.8. The monoisotopic (exact) mass is 369 g/mol.